The Morgan fingerprint density at radius 3 is 2.65 bits per heavy atom. The highest BCUT2D eigenvalue weighted by atomic mass is 16.3. The van der Waals surface area contributed by atoms with Crippen LogP contribution in [0.15, 0.2) is 18.2 Å². The van der Waals surface area contributed by atoms with E-state index in [1.807, 2.05) is 6.92 Å². The first-order valence-corrected chi connectivity index (χ1v) is 5.03. The number of primary amides is 1. The van der Waals surface area contributed by atoms with Crippen molar-refractivity contribution in [2.45, 2.75) is 13.0 Å². The van der Waals surface area contributed by atoms with Crippen LogP contribution in [0.3, 0.4) is 0 Å². The molecule has 1 unspecified atom stereocenters. The van der Waals surface area contributed by atoms with E-state index < -0.39 is 17.9 Å². The van der Waals surface area contributed by atoms with Gasteiger partial charge >= 0.3 is 0 Å². The molecule has 0 spiro atoms. The van der Waals surface area contributed by atoms with E-state index in [1.165, 1.54) is 6.07 Å². The van der Waals surface area contributed by atoms with E-state index in [0.29, 0.717) is 11.3 Å². The molecular weight excluding hydrogens is 222 g/mol. The predicted octanol–water partition coefficient (Wildman–Crippen LogP) is -0.847. The summed E-state index contributed by atoms with van der Waals surface area (Å²) in [5, 5.41) is 11.5. The lowest BCUT2D eigenvalue weighted by molar-refractivity contribution is -0.125. The lowest BCUT2D eigenvalue weighted by atomic mass is 10.1. The fourth-order valence-corrected chi connectivity index (χ4v) is 1.17. The van der Waals surface area contributed by atoms with Crippen molar-refractivity contribution in [3.8, 4) is 0 Å². The van der Waals surface area contributed by atoms with Gasteiger partial charge in [0.2, 0.25) is 5.91 Å². The highest BCUT2D eigenvalue weighted by Gasteiger charge is 2.13. The zero-order valence-corrected chi connectivity index (χ0v) is 9.43. The molecule has 1 aromatic carbocycles. The second-order valence-corrected chi connectivity index (χ2v) is 3.70. The summed E-state index contributed by atoms with van der Waals surface area (Å²) < 4.78 is 0. The molecule has 0 aliphatic rings. The van der Waals surface area contributed by atoms with E-state index in [1.54, 1.807) is 12.1 Å². The molecule has 0 aliphatic heterocycles. The summed E-state index contributed by atoms with van der Waals surface area (Å²) in [6.07, 6.45) is -1.39. The van der Waals surface area contributed by atoms with E-state index in [2.05, 4.69) is 5.32 Å². The number of aliphatic hydroxyl groups excluding tert-OH is 1. The molecule has 92 valence electrons. The summed E-state index contributed by atoms with van der Waals surface area (Å²) in [5.41, 5.74) is 12.3. The number of hydrogen-bond donors (Lipinski definition) is 4. The van der Waals surface area contributed by atoms with E-state index in [0.717, 1.165) is 5.56 Å². The molecule has 0 aliphatic carbocycles. The van der Waals surface area contributed by atoms with Gasteiger partial charge in [0, 0.05) is 11.3 Å². The molecule has 17 heavy (non-hydrogen) atoms. The number of carbonyl (C=O) groups excluding carboxylic acids is 2. The van der Waals surface area contributed by atoms with Gasteiger partial charge in [-0.25, -0.2) is 0 Å². The molecule has 1 aromatic rings. The molecule has 2 amide bonds. The topological polar surface area (TPSA) is 118 Å². The van der Waals surface area contributed by atoms with Gasteiger partial charge in [-0.2, -0.15) is 0 Å². The van der Waals surface area contributed by atoms with Crippen LogP contribution < -0.4 is 16.8 Å². The van der Waals surface area contributed by atoms with Gasteiger partial charge in [0.05, 0.1) is 6.54 Å². The number of aliphatic hydroxyl groups is 1. The smallest absolute Gasteiger partial charge is 0.251 e. The van der Waals surface area contributed by atoms with Gasteiger partial charge in [0.1, 0.15) is 6.10 Å². The number of nitrogen functional groups attached to an aromatic ring is 1. The highest BCUT2D eigenvalue weighted by Crippen LogP contribution is 2.12. The van der Waals surface area contributed by atoms with E-state index in [9.17, 15) is 9.59 Å². The number of carbonyl (C=O) groups is 2. The van der Waals surface area contributed by atoms with Crippen LogP contribution >= 0.6 is 0 Å². The Morgan fingerprint density at radius 2 is 2.12 bits per heavy atom. The zero-order chi connectivity index (χ0) is 13.0. The standard InChI is InChI=1S/C11H15N3O3/c1-6-2-3-7(4-8(6)12)11(17)14-5-9(15)10(13)16/h2-4,9,15H,5,12H2,1H3,(H2,13,16)(H,14,17). The fourth-order valence-electron chi connectivity index (χ4n) is 1.17. The summed E-state index contributed by atoms with van der Waals surface area (Å²) in [6, 6.07) is 4.85. The molecule has 0 saturated carbocycles. The Bertz CT molecular complexity index is 446. The van der Waals surface area contributed by atoms with E-state index >= 15 is 0 Å². The van der Waals surface area contributed by atoms with Gasteiger partial charge in [-0.1, -0.05) is 6.07 Å². The first-order chi connectivity index (χ1) is 7.91. The maximum atomic E-state index is 11.6. The average molecular weight is 237 g/mol. The van der Waals surface area contributed by atoms with Gasteiger partial charge in [0.15, 0.2) is 0 Å². The number of nitrogens with two attached hydrogens (primary N) is 2. The zero-order valence-electron chi connectivity index (χ0n) is 9.43. The third kappa shape index (κ3) is 3.46. The molecule has 0 saturated heterocycles. The van der Waals surface area contributed by atoms with Gasteiger partial charge in [-0.05, 0) is 24.6 Å². The Labute approximate surface area is 98.6 Å². The Kier molecular flexibility index (Phi) is 4.06. The minimum atomic E-state index is -1.39. The molecule has 6 nitrogen and oxygen atoms in total. The molecule has 0 bridgehead atoms. The molecule has 0 fully saturated rings. The third-order valence-electron chi connectivity index (χ3n) is 2.33. The largest absolute Gasteiger partial charge is 0.398 e. The summed E-state index contributed by atoms with van der Waals surface area (Å²) in [6.45, 7) is 1.61. The SMILES string of the molecule is Cc1ccc(C(=O)NCC(O)C(N)=O)cc1N. The fraction of sp³-hybridized carbons (Fsp3) is 0.273. The number of anilines is 1. The second kappa shape index (κ2) is 5.31. The molecule has 1 atom stereocenters. The monoisotopic (exact) mass is 237 g/mol. The number of amides is 2. The normalized spacial score (nSPS) is 11.9. The lowest BCUT2D eigenvalue weighted by Gasteiger charge is -2.09. The molecular formula is C11H15N3O3. The minimum absolute atomic E-state index is 0.220. The van der Waals surface area contributed by atoms with Crippen LogP contribution in [0.5, 0.6) is 0 Å². The number of rotatable bonds is 4. The van der Waals surface area contributed by atoms with Crippen molar-refractivity contribution in [2.75, 3.05) is 12.3 Å². The van der Waals surface area contributed by atoms with Crippen LogP contribution in [0.1, 0.15) is 15.9 Å². The minimum Gasteiger partial charge on any atom is -0.398 e. The van der Waals surface area contributed by atoms with Crippen molar-refractivity contribution < 1.29 is 14.7 Å². The van der Waals surface area contributed by atoms with Crippen molar-refractivity contribution in [3.63, 3.8) is 0 Å². The number of hydrogen-bond acceptors (Lipinski definition) is 4. The first-order valence-electron chi connectivity index (χ1n) is 5.03. The molecule has 0 radical (unpaired) electrons. The Morgan fingerprint density at radius 1 is 1.47 bits per heavy atom. The third-order valence-corrected chi connectivity index (χ3v) is 2.33. The molecule has 0 heterocycles. The van der Waals surface area contributed by atoms with Crippen molar-refractivity contribution in [3.05, 3.63) is 29.3 Å². The average Bonchev–Trinajstić information content (AvgIpc) is 2.28. The van der Waals surface area contributed by atoms with Crippen LogP contribution in [0, 0.1) is 6.92 Å². The van der Waals surface area contributed by atoms with Crippen LogP contribution in [-0.2, 0) is 4.79 Å². The molecule has 6 N–H and O–H groups in total. The van der Waals surface area contributed by atoms with Crippen LogP contribution in [0.2, 0.25) is 0 Å². The highest BCUT2D eigenvalue weighted by molar-refractivity contribution is 5.95. The Hall–Kier alpha value is -2.08. The van der Waals surface area contributed by atoms with Crippen LogP contribution in [0.25, 0.3) is 0 Å². The summed E-state index contributed by atoms with van der Waals surface area (Å²) in [4.78, 5) is 22.2. The van der Waals surface area contributed by atoms with Crippen molar-refractivity contribution in [1.29, 1.82) is 0 Å². The Balaban J connectivity index is 2.64. The number of nitrogens with one attached hydrogen (secondary N) is 1. The van der Waals surface area contributed by atoms with Crippen molar-refractivity contribution in [1.82, 2.24) is 5.32 Å². The van der Waals surface area contributed by atoms with Gasteiger partial charge in [-0.15, -0.1) is 0 Å². The molecule has 1 rings (SSSR count). The van der Waals surface area contributed by atoms with Crippen LogP contribution in [-0.4, -0.2) is 29.6 Å². The quantitative estimate of drug-likeness (QED) is 0.510. The number of benzene rings is 1. The summed E-state index contributed by atoms with van der Waals surface area (Å²) >= 11 is 0. The number of aryl methyl sites for hydroxylation is 1. The molecule has 6 heteroatoms. The molecule has 0 aromatic heterocycles. The van der Waals surface area contributed by atoms with Crippen LogP contribution in [0.4, 0.5) is 5.69 Å². The van der Waals surface area contributed by atoms with Gasteiger partial charge in [0.25, 0.3) is 5.91 Å². The van der Waals surface area contributed by atoms with Crippen molar-refractivity contribution >= 4 is 17.5 Å². The lowest BCUT2D eigenvalue weighted by Crippen LogP contribution is -2.39. The van der Waals surface area contributed by atoms with Gasteiger partial charge in [-0.3, -0.25) is 9.59 Å². The van der Waals surface area contributed by atoms with E-state index in [-0.39, 0.29) is 6.54 Å². The maximum absolute atomic E-state index is 11.6. The maximum Gasteiger partial charge on any atom is 0.251 e. The van der Waals surface area contributed by atoms with Gasteiger partial charge < -0.3 is 21.9 Å². The second-order valence-electron chi connectivity index (χ2n) is 3.70. The summed E-state index contributed by atoms with van der Waals surface area (Å²) in [5.74, 6) is -1.30. The summed E-state index contributed by atoms with van der Waals surface area (Å²) in [7, 11) is 0. The predicted molar refractivity (Wildman–Crippen MR) is 63.1 cm³/mol. The van der Waals surface area contributed by atoms with Crippen molar-refractivity contribution in [2.24, 2.45) is 5.73 Å². The first kappa shape index (κ1) is 13.0. The van der Waals surface area contributed by atoms with E-state index in [4.69, 9.17) is 16.6 Å².